The van der Waals surface area contributed by atoms with Crippen molar-refractivity contribution >= 4 is 27.5 Å². The monoisotopic (exact) mass is 424 g/mol. The van der Waals surface area contributed by atoms with E-state index in [0.717, 1.165) is 5.56 Å². The van der Waals surface area contributed by atoms with Crippen molar-refractivity contribution < 1.29 is 22.7 Å². The highest BCUT2D eigenvalue weighted by Gasteiger charge is 2.20. The smallest absolute Gasteiger partial charge is 0.248 e. The van der Waals surface area contributed by atoms with E-state index in [-0.39, 0.29) is 15.7 Å². The molecule has 8 heteroatoms. The van der Waals surface area contributed by atoms with Crippen LogP contribution < -0.4 is 14.8 Å². The number of rotatable bonds is 7. The SMILES string of the molecule is COc1cc(OC)cc(S(=O)(=O)c2ccc(NC(=O)C=Cc3cccnc3)cc2)c1. The molecule has 3 aromatic rings. The Morgan fingerprint density at radius 2 is 1.63 bits per heavy atom. The lowest BCUT2D eigenvalue weighted by molar-refractivity contribution is -0.111. The number of hydrogen-bond donors (Lipinski definition) is 1. The molecule has 30 heavy (non-hydrogen) atoms. The molecule has 0 atom stereocenters. The van der Waals surface area contributed by atoms with Crippen molar-refractivity contribution in [2.24, 2.45) is 0 Å². The van der Waals surface area contributed by atoms with Gasteiger partial charge < -0.3 is 14.8 Å². The van der Waals surface area contributed by atoms with Gasteiger partial charge in [0, 0.05) is 30.2 Å². The fourth-order valence-electron chi connectivity index (χ4n) is 2.62. The highest BCUT2D eigenvalue weighted by atomic mass is 32.2. The summed E-state index contributed by atoms with van der Waals surface area (Å²) < 4.78 is 36.2. The number of amides is 1. The van der Waals surface area contributed by atoms with Gasteiger partial charge in [-0.15, -0.1) is 0 Å². The molecule has 0 bridgehead atoms. The molecule has 0 radical (unpaired) electrons. The molecule has 0 unspecified atom stereocenters. The lowest BCUT2D eigenvalue weighted by Crippen LogP contribution is -2.08. The van der Waals surface area contributed by atoms with Crippen LogP contribution in [0.1, 0.15) is 5.56 Å². The fraction of sp³-hybridized carbons (Fsp3) is 0.0909. The number of pyridine rings is 1. The summed E-state index contributed by atoms with van der Waals surface area (Å²) in [5.41, 5.74) is 1.26. The van der Waals surface area contributed by atoms with Crippen molar-refractivity contribution in [3.8, 4) is 11.5 Å². The molecule has 0 aliphatic heterocycles. The second-order valence-electron chi connectivity index (χ2n) is 6.19. The number of ether oxygens (including phenoxy) is 2. The number of nitrogens with zero attached hydrogens (tertiary/aromatic N) is 1. The van der Waals surface area contributed by atoms with E-state index in [2.05, 4.69) is 10.3 Å². The summed E-state index contributed by atoms with van der Waals surface area (Å²) in [6.07, 6.45) is 6.30. The standard InChI is InChI=1S/C22H20N2O5S/c1-28-18-12-19(29-2)14-21(13-18)30(26,27)20-8-6-17(7-9-20)24-22(25)10-5-16-4-3-11-23-15-16/h3-15H,1-2H3,(H,24,25). The molecule has 1 amide bonds. The van der Waals surface area contributed by atoms with Crippen molar-refractivity contribution in [1.82, 2.24) is 4.98 Å². The van der Waals surface area contributed by atoms with E-state index < -0.39 is 9.84 Å². The summed E-state index contributed by atoms with van der Waals surface area (Å²) in [7, 11) is -0.890. The van der Waals surface area contributed by atoms with E-state index in [9.17, 15) is 13.2 Å². The van der Waals surface area contributed by atoms with Crippen LogP contribution in [0.2, 0.25) is 0 Å². The third-order valence-corrected chi connectivity index (χ3v) is 5.93. The number of aromatic nitrogens is 1. The number of nitrogens with one attached hydrogen (secondary N) is 1. The van der Waals surface area contributed by atoms with Crippen molar-refractivity contribution in [3.63, 3.8) is 0 Å². The molecule has 0 fully saturated rings. The van der Waals surface area contributed by atoms with Crippen LogP contribution >= 0.6 is 0 Å². The number of hydrogen-bond acceptors (Lipinski definition) is 6. The van der Waals surface area contributed by atoms with Crippen LogP contribution in [-0.2, 0) is 14.6 Å². The number of carbonyl (C=O) groups is 1. The Kier molecular flexibility index (Phi) is 6.48. The van der Waals surface area contributed by atoms with Gasteiger partial charge in [-0.3, -0.25) is 9.78 Å². The summed E-state index contributed by atoms with van der Waals surface area (Å²) in [5, 5.41) is 2.69. The minimum atomic E-state index is -3.79. The third-order valence-electron chi connectivity index (χ3n) is 4.18. The molecule has 0 aliphatic carbocycles. The first-order valence-electron chi connectivity index (χ1n) is 8.89. The third kappa shape index (κ3) is 5.03. The zero-order chi connectivity index (χ0) is 21.6. The van der Waals surface area contributed by atoms with Crippen molar-refractivity contribution in [2.75, 3.05) is 19.5 Å². The molecule has 3 rings (SSSR count). The molecule has 1 aromatic heterocycles. The molecule has 0 saturated carbocycles. The Morgan fingerprint density at radius 1 is 0.967 bits per heavy atom. The van der Waals surface area contributed by atoms with Gasteiger partial charge in [-0.1, -0.05) is 6.07 Å². The van der Waals surface area contributed by atoms with Gasteiger partial charge >= 0.3 is 0 Å². The molecular formula is C22H20N2O5S. The summed E-state index contributed by atoms with van der Waals surface area (Å²) in [6, 6.07) is 14.0. The van der Waals surface area contributed by atoms with Gasteiger partial charge in [0.05, 0.1) is 24.0 Å². The van der Waals surface area contributed by atoms with Crippen molar-refractivity contribution in [2.45, 2.75) is 9.79 Å². The van der Waals surface area contributed by atoms with E-state index in [1.807, 2.05) is 6.07 Å². The lowest BCUT2D eigenvalue weighted by Gasteiger charge is -2.10. The zero-order valence-electron chi connectivity index (χ0n) is 16.4. The maximum Gasteiger partial charge on any atom is 0.248 e. The number of benzene rings is 2. The summed E-state index contributed by atoms with van der Waals surface area (Å²) in [4.78, 5) is 16.2. The van der Waals surface area contributed by atoms with E-state index in [1.165, 1.54) is 56.7 Å². The minimum absolute atomic E-state index is 0.0508. The average Bonchev–Trinajstić information content (AvgIpc) is 2.78. The minimum Gasteiger partial charge on any atom is -0.497 e. The van der Waals surface area contributed by atoms with Gasteiger partial charge in [0.2, 0.25) is 15.7 Å². The largest absolute Gasteiger partial charge is 0.497 e. The van der Waals surface area contributed by atoms with E-state index >= 15 is 0 Å². The predicted molar refractivity (Wildman–Crippen MR) is 113 cm³/mol. The van der Waals surface area contributed by atoms with Gasteiger partial charge in [0.15, 0.2) is 0 Å². The summed E-state index contributed by atoms with van der Waals surface area (Å²) >= 11 is 0. The Hall–Kier alpha value is -3.65. The maximum absolute atomic E-state index is 12.9. The Morgan fingerprint density at radius 3 is 2.20 bits per heavy atom. The van der Waals surface area contributed by atoms with Crippen LogP contribution in [0.4, 0.5) is 5.69 Å². The first kappa shape index (κ1) is 21.1. The van der Waals surface area contributed by atoms with Gasteiger partial charge in [-0.2, -0.15) is 0 Å². The predicted octanol–water partition coefficient (Wildman–Crippen LogP) is 3.58. The van der Waals surface area contributed by atoms with Crippen LogP contribution in [0.3, 0.4) is 0 Å². The van der Waals surface area contributed by atoms with E-state index in [4.69, 9.17) is 9.47 Å². The summed E-state index contributed by atoms with van der Waals surface area (Å²) in [5.74, 6) is 0.404. The van der Waals surface area contributed by atoms with Crippen LogP contribution in [0.15, 0.2) is 82.9 Å². The Labute approximate surface area is 174 Å². The first-order chi connectivity index (χ1) is 14.4. The second kappa shape index (κ2) is 9.23. The van der Waals surface area contributed by atoms with Crippen LogP contribution in [-0.4, -0.2) is 33.5 Å². The fourth-order valence-corrected chi connectivity index (χ4v) is 3.93. The highest BCUT2D eigenvalue weighted by molar-refractivity contribution is 7.91. The van der Waals surface area contributed by atoms with Crippen LogP contribution in [0.25, 0.3) is 6.08 Å². The average molecular weight is 424 g/mol. The number of sulfone groups is 1. The molecule has 0 aliphatic rings. The Balaban J connectivity index is 1.76. The molecule has 1 heterocycles. The van der Waals surface area contributed by atoms with Gasteiger partial charge in [0.25, 0.3) is 0 Å². The first-order valence-corrected chi connectivity index (χ1v) is 10.4. The zero-order valence-corrected chi connectivity index (χ0v) is 17.2. The maximum atomic E-state index is 12.9. The van der Waals surface area contributed by atoms with Gasteiger partial charge in [0.1, 0.15) is 11.5 Å². The molecule has 0 saturated heterocycles. The molecule has 7 nitrogen and oxygen atoms in total. The van der Waals surface area contributed by atoms with E-state index in [1.54, 1.807) is 30.6 Å². The number of methoxy groups -OCH3 is 2. The van der Waals surface area contributed by atoms with Crippen LogP contribution in [0.5, 0.6) is 11.5 Å². The van der Waals surface area contributed by atoms with Gasteiger partial charge in [-0.25, -0.2) is 8.42 Å². The van der Waals surface area contributed by atoms with Crippen molar-refractivity contribution in [3.05, 3.63) is 78.6 Å². The lowest BCUT2D eigenvalue weighted by atomic mass is 10.2. The molecular weight excluding hydrogens is 404 g/mol. The molecule has 0 spiro atoms. The normalized spacial score (nSPS) is 11.3. The topological polar surface area (TPSA) is 94.6 Å². The quantitative estimate of drug-likeness (QED) is 0.583. The van der Waals surface area contributed by atoms with Crippen LogP contribution in [0, 0.1) is 0 Å². The summed E-state index contributed by atoms with van der Waals surface area (Å²) in [6.45, 7) is 0. The second-order valence-corrected chi connectivity index (χ2v) is 8.13. The van der Waals surface area contributed by atoms with E-state index in [0.29, 0.717) is 17.2 Å². The van der Waals surface area contributed by atoms with Crippen molar-refractivity contribution in [1.29, 1.82) is 0 Å². The highest BCUT2D eigenvalue weighted by Crippen LogP contribution is 2.29. The Bertz CT molecular complexity index is 1140. The molecule has 2 aromatic carbocycles. The molecule has 154 valence electrons. The number of anilines is 1. The molecule has 1 N–H and O–H groups in total. The number of carbonyl (C=O) groups excluding carboxylic acids is 1. The van der Waals surface area contributed by atoms with Gasteiger partial charge in [-0.05, 0) is 54.1 Å².